The number of phenols is 1. The monoisotopic (exact) mass is 336 g/mol. The van der Waals surface area contributed by atoms with Gasteiger partial charge in [0.2, 0.25) is 0 Å². The van der Waals surface area contributed by atoms with Gasteiger partial charge in [-0.05, 0) is 11.1 Å². The molecule has 3 aromatic rings. The van der Waals surface area contributed by atoms with Crippen LogP contribution in [-0.4, -0.2) is 5.11 Å². The lowest BCUT2D eigenvalue weighted by Gasteiger charge is -2.10. The van der Waals surface area contributed by atoms with Crippen LogP contribution >= 0.6 is 0 Å². The number of hydrogen-bond donors (Lipinski definition) is 1. The zero-order chi connectivity index (χ0) is 19.1. The molecule has 0 unspecified atom stereocenters. The van der Waals surface area contributed by atoms with E-state index in [2.05, 4.69) is 0 Å². The largest absolute Gasteiger partial charge is 0.507 e. The summed E-state index contributed by atoms with van der Waals surface area (Å²) in [7, 11) is 0. The van der Waals surface area contributed by atoms with Gasteiger partial charge in [-0.15, -0.1) is 0 Å². The maximum atomic E-state index is 10.5. The van der Waals surface area contributed by atoms with E-state index in [1.807, 2.05) is 120 Å². The third kappa shape index (κ3) is 6.46. The van der Waals surface area contributed by atoms with E-state index in [4.69, 9.17) is 0 Å². The zero-order valence-corrected chi connectivity index (χ0v) is 16.5. The average molecular weight is 337 g/mol. The van der Waals surface area contributed by atoms with E-state index < -0.39 is 0 Å². The first kappa shape index (κ1) is 22.5. The standard InChI is InChI=1S/C18H14O.3C2H6/c19-18-16(14-8-3-1-4-9-14)12-7-13-17(18)15-10-5-2-6-11-15;3*1-2/h1-13,19H;3*1-2H3. The molecule has 3 rings (SSSR count). The minimum atomic E-state index is 0.333. The van der Waals surface area contributed by atoms with Crippen LogP contribution in [0, 0.1) is 0 Å². The van der Waals surface area contributed by atoms with Crippen LogP contribution in [0.3, 0.4) is 0 Å². The van der Waals surface area contributed by atoms with E-state index in [1.54, 1.807) is 0 Å². The van der Waals surface area contributed by atoms with Crippen LogP contribution in [0.5, 0.6) is 5.75 Å². The van der Waals surface area contributed by atoms with Gasteiger partial charge < -0.3 is 5.11 Å². The number of hydrogen-bond acceptors (Lipinski definition) is 1. The molecule has 0 bridgehead atoms. The van der Waals surface area contributed by atoms with E-state index in [-0.39, 0.29) is 0 Å². The Morgan fingerprint density at radius 2 is 0.760 bits per heavy atom. The van der Waals surface area contributed by atoms with E-state index >= 15 is 0 Å². The molecule has 0 saturated carbocycles. The summed E-state index contributed by atoms with van der Waals surface area (Å²) in [5.41, 5.74) is 3.78. The number of benzene rings is 3. The van der Waals surface area contributed by atoms with E-state index in [0.717, 1.165) is 22.3 Å². The molecule has 0 amide bonds. The van der Waals surface area contributed by atoms with Crippen LogP contribution in [0.25, 0.3) is 22.3 Å². The quantitative estimate of drug-likeness (QED) is 0.506. The molecule has 25 heavy (non-hydrogen) atoms. The van der Waals surface area contributed by atoms with Crippen molar-refractivity contribution in [3.63, 3.8) is 0 Å². The summed E-state index contributed by atoms with van der Waals surface area (Å²) in [6, 6.07) is 25.7. The van der Waals surface area contributed by atoms with Gasteiger partial charge in [0.05, 0.1) is 0 Å². The van der Waals surface area contributed by atoms with Crippen molar-refractivity contribution in [2.75, 3.05) is 0 Å². The fourth-order valence-corrected chi connectivity index (χ4v) is 2.24. The molecule has 3 aromatic carbocycles. The molecule has 0 aliphatic carbocycles. The molecule has 1 nitrogen and oxygen atoms in total. The first-order valence-corrected chi connectivity index (χ1v) is 9.29. The molecule has 0 heterocycles. The Labute approximate surface area is 154 Å². The SMILES string of the molecule is CC.CC.CC.Oc1c(-c2ccccc2)cccc1-c1ccccc1. The molecule has 1 N–H and O–H groups in total. The Bertz CT molecular complexity index is 615. The van der Waals surface area contributed by atoms with Crippen LogP contribution in [0.15, 0.2) is 78.9 Å². The van der Waals surface area contributed by atoms with Crippen molar-refractivity contribution >= 4 is 0 Å². The third-order valence-electron chi connectivity index (χ3n) is 3.21. The van der Waals surface area contributed by atoms with Crippen molar-refractivity contribution in [1.29, 1.82) is 0 Å². The molecule has 0 aliphatic rings. The molecule has 0 fully saturated rings. The van der Waals surface area contributed by atoms with Crippen LogP contribution in [-0.2, 0) is 0 Å². The molecule has 0 radical (unpaired) electrons. The molecule has 0 atom stereocenters. The van der Waals surface area contributed by atoms with Gasteiger partial charge >= 0.3 is 0 Å². The fraction of sp³-hybridized carbons (Fsp3) is 0.250. The summed E-state index contributed by atoms with van der Waals surface area (Å²) in [5, 5.41) is 10.5. The van der Waals surface area contributed by atoms with Gasteiger partial charge in [0, 0.05) is 11.1 Å². The molecular weight excluding hydrogens is 304 g/mol. The van der Waals surface area contributed by atoms with Crippen molar-refractivity contribution in [1.82, 2.24) is 0 Å². The Balaban J connectivity index is 0.000000871. The lowest BCUT2D eigenvalue weighted by molar-refractivity contribution is 0.479. The topological polar surface area (TPSA) is 20.2 Å². The zero-order valence-electron chi connectivity index (χ0n) is 16.5. The molecule has 0 spiro atoms. The van der Waals surface area contributed by atoms with Gasteiger partial charge in [-0.2, -0.15) is 0 Å². The maximum absolute atomic E-state index is 10.5. The van der Waals surface area contributed by atoms with Gasteiger partial charge in [-0.3, -0.25) is 0 Å². The Morgan fingerprint density at radius 1 is 0.440 bits per heavy atom. The van der Waals surface area contributed by atoms with Gasteiger partial charge in [-0.1, -0.05) is 120 Å². The van der Waals surface area contributed by atoms with Crippen LogP contribution in [0.1, 0.15) is 41.5 Å². The van der Waals surface area contributed by atoms with Crippen molar-refractivity contribution in [3.8, 4) is 28.0 Å². The molecule has 0 saturated heterocycles. The summed E-state index contributed by atoms with van der Waals surface area (Å²) in [6.07, 6.45) is 0. The highest BCUT2D eigenvalue weighted by Gasteiger charge is 2.09. The predicted molar refractivity (Wildman–Crippen MR) is 113 cm³/mol. The van der Waals surface area contributed by atoms with Crippen molar-refractivity contribution in [2.45, 2.75) is 41.5 Å². The number of aromatic hydroxyl groups is 1. The Morgan fingerprint density at radius 3 is 1.08 bits per heavy atom. The summed E-state index contributed by atoms with van der Waals surface area (Å²) >= 11 is 0. The fourth-order valence-electron chi connectivity index (χ4n) is 2.24. The molecule has 134 valence electrons. The summed E-state index contributed by atoms with van der Waals surface area (Å²) in [5.74, 6) is 0.333. The van der Waals surface area contributed by atoms with Crippen molar-refractivity contribution in [2.24, 2.45) is 0 Å². The second kappa shape index (κ2) is 13.9. The number of rotatable bonds is 2. The van der Waals surface area contributed by atoms with E-state index in [1.165, 1.54) is 0 Å². The van der Waals surface area contributed by atoms with E-state index in [0.29, 0.717) is 5.75 Å². The normalized spacial score (nSPS) is 8.56. The molecule has 0 aromatic heterocycles. The summed E-state index contributed by atoms with van der Waals surface area (Å²) < 4.78 is 0. The van der Waals surface area contributed by atoms with Crippen molar-refractivity contribution in [3.05, 3.63) is 78.9 Å². The van der Waals surface area contributed by atoms with Gasteiger partial charge in [0.15, 0.2) is 0 Å². The first-order chi connectivity index (χ1) is 12.4. The highest BCUT2D eigenvalue weighted by Crippen LogP contribution is 2.37. The van der Waals surface area contributed by atoms with Gasteiger partial charge in [0.1, 0.15) is 5.75 Å². The van der Waals surface area contributed by atoms with Crippen LogP contribution in [0.2, 0.25) is 0 Å². The molecular formula is C24H32O. The third-order valence-corrected chi connectivity index (χ3v) is 3.21. The van der Waals surface area contributed by atoms with Crippen molar-refractivity contribution < 1.29 is 5.11 Å². The minimum Gasteiger partial charge on any atom is -0.507 e. The summed E-state index contributed by atoms with van der Waals surface area (Å²) in [6.45, 7) is 12.0. The van der Waals surface area contributed by atoms with Crippen LogP contribution < -0.4 is 0 Å². The first-order valence-electron chi connectivity index (χ1n) is 9.29. The molecule has 1 heteroatoms. The second-order valence-electron chi connectivity index (χ2n) is 4.43. The second-order valence-corrected chi connectivity index (χ2v) is 4.43. The van der Waals surface area contributed by atoms with E-state index in [9.17, 15) is 5.11 Å². The Kier molecular flexibility index (Phi) is 12.5. The number of para-hydroxylation sites is 1. The Hall–Kier alpha value is -2.54. The lowest BCUT2D eigenvalue weighted by Crippen LogP contribution is -1.83. The van der Waals surface area contributed by atoms with Gasteiger partial charge in [0.25, 0.3) is 0 Å². The smallest absolute Gasteiger partial charge is 0.131 e. The maximum Gasteiger partial charge on any atom is 0.131 e. The average Bonchev–Trinajstić information content (AvgIpc) is 2.74. The number of phenolic OH excluding ortho intramolecular Hbond substituents is 1. The lowest BCUT2D eigenvalue weighted by atomic mass is 9.97. The summed E-state index contributed by atoms with van der Waals surface area (Å²) in [4.78, 5) is 0. The highest BCUT2D eigenvalue weighted by atomic mass is 16.3. The molecule has 0 aliphatic heterocycles. The predicted octanol–water partition coefficient (Wildman–Crippen LogP) is 7.80. The highest BCUT2D eigenvalue weighted by molar-refractivity contribution is 5.81. The van der Waals surface area contributed by atoms with Crippen LogP contribution in [0.4, 0.5) is 0 Å². The van der Waals surface area contributed by atoms with Gasteiger partial charge in [-0.25, -0.2) is 0 Å². The minimum absolute atomic E-state index is 0.333.